The third-order valence-electron chi connectivity index (χ3n) is 3.81. The average molecular weight is 298 g/mol. The molecule has 0 saturated carbocycles. The molecule has 114 valence electrons. The summed E-state index contributed by atoms with van der Waals surface area (Å²) in [5.74, 6) is 0.0866. The van der Waals surface area contributed by atoms with E-state index in [0.717, 1.165) is 6.42 Å². The minimum absolute atomic E-state index is 0.0840. The van der Waals surface area contributed by atoms with Crippen LogP contribution in [0.5, 0.6) is 0 Å². The number of carbonyl (C=O) groups excluding carboxylic acids is 2. The minimum atomic E-state index is -0.271. The van der Waals surface area contributed by atoms with Crippen molar-refractivity contribution in [1.82, 2.24) is 10.2 Å². The van der Waals surface area contributed by atoms with Gasteiger partial charge in [0.05, 0.1) is 12.3 Å². The highest BCUT2D eigenvalue weighted by atomic mass is 16.3. The van der Waals surface area contributed by atoms with Gasteiger partial charge in [-0.05, 0) is 24.1 Å². The highest BCUT2D eigenvalue weighted by Crippen LogP contribution is 2.13. The Kier molecular flexibility index (Phi) is 4.23. The fourth-order valence-corrected chi connectivity index (χ4v) is 2.66. The molecule has 2 aromatic rings. The third kappa shape index (κ3) is 3.36. The van der Waals surface area contributed by atoms with E-state index in [1.54, 1.807) is 17.0 Å². The molecule has 2 heterocycles. The van der Waals surface area contributed by atoms with Gasteiger partial charge in [0.25, 0.3) is 5.91 Å². The standard InChI is InChI=1S/C17H18N2O3/c20-16-11-14(18-17(21)15-7-4-10-22-15)12-19(16)9-8-13-5-2-1-3-6-13/h1-7,10,14H,8-9,11-12H2,(H,18,21)/t14-/m0/s1. The van der Waals surface area contributed by atoms with E-state index in [1.165, 1.54) is 11.8 Å². The quantitative estimate of drug-likeness (QED) is 0.916. The van der Waals surface area contributed by atoms with Crippen molar-refractivity contribution in [1.29, 1.82) is 0 Å². The second kappa shape index (κ2) is 6.47. The lowest BCUT2D eigenvalue weighted by atomic mass is 10.1. The molecule has 1 aromatic heterocycles. The van der Waals surface area contributed by atoms with E-state index >= 15 is 0 Å². The maximum atomic E-state index is 12.0. The van der Waals surface area contributed by atoms with Gasteiger partial charge in [0.2, 0.25) is 5.91 Å². The van der Waals surface area contributed by atoms with Crippen LogP contribution in [0, 0.1) is 0 Å². The predicted molar refractivity (Wildman–Crippen MR) is 81.3 cm³/mol. The summed E-state index contributed by atoms with van der Waals surface area (Å²) in [5.41, 5.74) is 1.21. The summed E-state index contributed by atoms with van der Waals surface area (Å²) < 4.78 is 5.05. The molecule has 0 unspecified atom stereocenters. The summed E-state index contributed by atoms with van der Waals surface area (Å²) in [7, 11) is 0. The van der Waals surface area contributed by atoms with Crippen LogP contribution in [-0.4, -0.2) is 35.8 Å². The van der Waals surface area contributed by atoms with Crippen LogP contribution >= 0.6 is 0 Å². The number of hydrogen-bond donors (Lipinski definition) is 1. The predicted octanol–water partition coefficient (Wildman–Crippen LogP) is 1.85. The molecular weight excluding hydrogens is 280 g/mol. The lowest BCUT2D eigenvalue weighted by Gasteiger charge is -2.17. The van der Waals surface area contributed by atoms with Gasteiger partial charge in [0.1, 0.15) is 0 Å². The summed E-state index contributed by atoms with van der Waals surface area (Å²) in [6, 6.07) is 13.2. The van der Waals surface area contributed by atoms with Crippen molar-refractivity contribution in [3.8, 4) is 0 Å². The summed E-state index contributed by atoms with van der Waals surface area (Å²) in [6.45, 7) is 1.23. The number of furan rings is 1. The van der Waals surface area contributed by atoms with Gasteiger partial charge >= 0.3 is 0 Å². The van der Waals surface area contributed by atoms with Crippen molar-refractivity contribution in [2.45, 2.75) is 18.9 Å². The van der Waals surface area contributed by atoms with Crippen LogP contribution in [0.3, 0.4) is 0 Å². The topological polar surface area (TPSA) is 62.6 Å². The number of benzene rings is 1. The molecule has 3 rings (SSSR count). The molecule has 1 N–H and O–H groups in total. The highest BCUT2D eigenvalue weighted by molar-refractivity contribution is 5.92. The number of amides is 2. The molecule has 1 saturated heterocycles. The number of likely N-dealkylation sites (tertiary alicyclic amines) is 1. The second-order valence-corrected chi connectivity index (χ2v) is 5.43. The van der Waals surface area contributed by atoms with Crippen LogP contribution in [0.4, 0.5) is 0 Å². The number of carbonyl (C=O) groups is 2. The molecule has 1 atom stereocenters. The van der Waals surface area contributed by atoms with Gasteiger partial charge in [-0.15, -0.1) is 0 Å². The molecule has 2 amide bonds. The fraction of sp³-hybridized carbons (Fsp3) is 0.294. The van der Waals surface area contributed by atoms with E-state index in [9.17, 15) is 9.59 Å². The molecule has 0 spiro atoms. The summed E-state index contributed by atoms with van der Waals surface area (Å²) in [6.07, 6.45) is 2.63. The van der Waals surface area contributed by atoms with E-state index in [0.29, 0.717) is 19.5 Å². The Balaban J connectivity index is 1.51. The van der Waals surface area contributed by atoms with Crippen LogP contribution in [0.1, 0.15) is 22.5 Å². The zero-order valence-electron chi connectivity index (χ0n) is 12.2. The lowest BCUT2D eigenvalue weighted by molar-refractivity contribution is -0.127. The first-order chi connectivity index (χ1) is 10.7. The molecule has 1 aliphatic rings. The molecular formula is C17H18N2O3. The zero-order valence-corrected chi connectivity index (χ0v) is 12.2. The van der Waals surface area contributed by atoms with Crippen LogP contribution in [0.15, 0.2) is 53.1 Å². The molecule has 5 nitrogen and oxygen atoms in total. The number of hydrogen-bond acceptors (Lipinski definition) is 3. The molecule has 5 heteroatoms. The van der Waals surface area contributed by atoms with Gasteiger partial charge in [0, 0.05) is 19.5 Å². The normalized spacial score (nSPS) is 17.7. The van der Waals surface area contributed by atoms with Crippen LogP contribution < -0.4 is 5.32 Å². The van der Waals surface area contributed by atoms with E-state index < -0.39 is 0 Å². The van der Waals surface area contributed by atoms with Gasteiger partial charge in [-0.1, -0.05) is 30.3 Å². The molecule has 0 bridgehead atoms. The fourth-order valence-electron chi connectivity index (χ4n) is 2.66. The van der Waals surface area contributed by atoms with Crippen molar-refractivity contribution in [3.63, 3.8) is 0 Å². The zero-order chi connectivity index (χ0) is 15.4. The van der Waals surface area contributed by atoms with Crippen LogP contribution in [-0.2, 0) is 11.2 Å². The van der Waals surface area contributed by atoms with Gasteiger partial charge in [-0.3, -0.25) is 9.59 Å². The van der Waals surface area contributed by atoms with Crippen molar-refractivity contribution in [2.24, 2.45) is 0 Å². The van der Waals surface area contributed by atoms with Gasteiger partial charge < -0.3 is 14.6 Å². The Morgan fingerprint density at radius 1 is 1.23 bits per heavy atom. The van der Waals surface area contributed by atoms with Gasteiger partial charge in [-0.2, -0.15) is 0 Å². The average Bonchev–Trinajstić information content (AvgIpc) is 3.16. The molecule has 1 aromatic carbocycles. The Morgan fingerprint density at radius 2 is 2.05 bits per heavy atom. The summed E-state index contributed by atoms with van der Waals surface area (Å²) in [4.78, 5) is 25.8. The Morgan fingerprint density at radius 3 is 2.77 bits per heavy atom. The Hall–Kier alpha value is -2.56. The first kappa shape index (κ1) is 14.4. The Labute approximate surface area is 128 Å². The molecule has 22 heavy (non-hydrogen) atoms. The van der Waals surface area contributed by atoms with Crippen molar-refractivity contribution in [3.05, 3.63) is 60.1 Å². The first-order valence-corrected chi connectivity index (χ1v) is 7.38. The monoisotopic (exact) mass is 298 g/mol. The summed E-state index contributed by atoms with van der Waals surface area (Å²) in [5, 5.41) is 2.84. The van der Waals surface area contributed by atoms with Crippen LogP contribution in [0.25, 0.3) is 0 Å². The SMILES string of the molecule is O=C(N[C@H]1CC(=O)N(CCc2ccccc2)C1)c1ccco1. The summed E-state index contributed by atoms with van der Waals surface area (Å²) >= 11 is 0. The Bertz CT molecular complexity index is 637. The number of rotatable bonds is 5. The molecule has 1 fully saturated rings. The number of nitrogens with zero attached hydrogens (tertiary/aromatic N) is 1. The van der Waals surface area contributed by atoms with E-state index in [2.05, 4.69) is 17.4 Å². The minimum Gasteiger partial charge on any atom is -0.459 e. The van der Waals surface area contributed by atoms with E-state index in [1.807, 2.05) is 18.2 Å². The van der Waals surface area contributed by atoms with Crippen LogP contribution in [0.2, 0.25) is 0 Å². The largest absolute Gasteiger partial charge is 0.459 e. The molecule has 1 aliphatic heterocycles. The molecule has 0 radical (unpaired) electrons. The number of nitrogens with one attached hydrogen (secondary N) is 1. The second-order valence-electron chi connectivity index (χ2n) is 5.43. The van der Waals surface area contributed by atoms with Crippen molar-refractivity contribution >= 4 is 11.8 Å². The highest BCUT2D eigenvalue weighted by Gasteiger charge is 2.30. The van der Waals surface area contributed by atoms with Gasteiger partial charge in [0.15, 0.2) is 5.76 Å². The van der Waals surface area contributed by atoms with Gasteiger partial charge in [-0.25, -0.2) is 0 Å². The van der Waals surface area contributed by atoms with E-state index in [-0.39, 0.29) is 23.6 Å². The van der Waals surface area contributed by atoms with E-state index in [4.69, 9.17) is 4.42 Å². The smallest absolute Gasteiger partial charge is 0.287 e. The maximum absolute atomic E-state index is 12.0. The maximum Gasteiger partial charge on any atom is 0.287 e. The van der Waals surface area contributed by atoms with Crippen molar-refractivity contribution < 1.29 is 14.0 Å². The third-order valence-corrected chi connectivity index (χ3v) is 3.81. The molecule has 0 aliphatic carbocycles. The lowest BCUT2D eigenvalue weighted by Crippen LogP contribution is -2.37. The van der Waals surface area contributed by atoms with Crippen molar-refractivity contribution in [2.75, 3.05) is 13.1 Å². The first-order valence-electron chi connectivity index (χ1n) is 7.38.